The predicted octanol–water partition coefficient (Wildman–Crippen LogP) is 1.87. The van der Waals surface area contributed by atoms with Gasteiger partial charge in [0, 0.05) is 25.2 Å². The normalized spacial score (nSPS) is 17.4. The number of carbonyl (C=O) groups is 1. The van der Waals surface area contributed by atoms with Gasteiger partial charge in [0.15, 0.2) is 12.4 Å². The highest BCUT2D eigenvalue weighted by Crippen LogP contribution is 2.28. The fraction of sp³-hybridized carbons (Fsp3) is 0.435. The van der Waals surface area contributed by atoms with Crippen molar-refractivity contribution in [3.05, 3.63) is 65.1 Å². The number of amides is 1. The lowest BCUT2D eigenvalue weighted by Crippen LogP contribution is -2.42. The molecule has 0 spiro atoms. The van der Waals surface area contributed by atoms with Gasteiger partial charge in [-0.05, 0) is 43.0 Å². The van der Waals surface area contributed by atoms with Gasteiger partial charge >= 0.3 is 0 Å². The zero-order valence-electron chi connectivity index (χ0n) is 18.4. The highest BCUT2D eigenvalue weighted by Gasteiger charge is 2.38. The van der Waals surface area contributed by atoms with Crippen molar-refractivity contribution in [2.45, 2.75) is 49.5 Å². The predicted molar refractivity (Wildman–Crippen MR) is 123 cm³/mol. The van der Waals surface area contributed by atoms with Gasteiger partial charge in [-0.3, -0.25) is 10.2 Å². The molecule has 0 bridgehead atoms. The van der Waals surface area contributed by atoms with E-state index in [-0.39, 0.29) is 28.4 Å². The summed E-state index contributed by atoms with van der Waals surface area (Å²) in [6.07, 6.45) is 8.54. The summed E-state index contributed by atoms with van der Waals surface area (Å²) >= 11 is 0. The summed E-state index contributed by atoms with van der Waals surface area (Å²) in [6.45, 7) is 1.22. The van der Waals surface area contributed by atoms with Crippen molar-refractivity contribution in [1.82, 2.24) is 14.5 Å². The van der Waals surface area contributed by atoms with E-state index in [0.717, 1.165) is 31.2 Å². The van der Waals surface area contributed by atoms with Crippen molar-refractivity contribution in [2.75, 3.05) is 19.6 Å². The number of sulfonamides is 1. The Hall–Kier alpha value is -3.14. The third kappa shape index (κ3) is 5.11. The van der Waals surface area contributed by atoms with E-state index >= 15 is 0 Å². The van der Waals surface area contributed by atoms with E-state index in [2.05, 4.69) is 5.32 Å². The fourth-order valence-electron chi connectivity index (χ4n) is 4.50. The van der Waals surface area contributed by atoms with E-state index in [9.17, 15) is 18.4 Å². The molecular formula is C23H29N5O4S. The maximum atomic E-state index is 13.1. The van der Waals surface area contributed by atoms with Gasteiger partial charge < -0.3 is 15.4 Å². The third-order valence-corrected chi connectivity index (χ3v) is 8.12. The van der Waals surface area contributed by atoms with Crippen LogP contribution in [-0.4, -0.2) is 55.2 Å². The standard InChI is InChI=1S/C23H29N5O4S/c24-23-27(20-6-2-1-3-7-20)15-16-28(23)33(31,32)21-10-8-18(9-11-21)12-13-25-22(29)19-5-4-14-26(30)17-19/h4-5,8-11,14,17,20,24H,1-3,6-7,12-13,15-16H2,(H,25,29). The maximum absolute atomic E-state index is 13.1. The number of hydrogen-bond acceptors (Lipinski definition) is 5. The van der Waals surface area contributed by atoms with E-state index < -0.39 is 10.0 Å². The molecule has 1 aliphatic heterocycles. The molecule has 176 valence electrons. The zero-order valence-corrected chi connectivity index (χ0v) is 19.3. The number of hydrogen-bond donors (Lipinski definition) is 2. The molecule has 1 saturated carbocycles. The first-order chi connectivity index (χ1) is 15.9. The lowest BCUT2D eigenvalue weighted by atomic mass is 9.94. The Balaban J connectivity index is 1.34. The van der Waals surface area contributed by atoms with Crippen LogP contribution in [0, 0.1) is 10.6 Å². The Morgan fingerprint density at radius 2 is 1.85 bits per heavy atom. The highest BCUT2D eigenvalue weighted by molar-refractivity contribution is 7.89. The summed E-state index contributed by atoms with van der Waals surface area (Å²) in [4.78, 5) is 14.2. The molecule has 1 amide bonds. The minimum Gasteiger partial charge on any atom is -0.619 e. The number of carbonyl (C=O) groups excluding carboxylic acids is 1. The number of aromatic nitrogens is 1. The molecule has 2 aliphatic rings. The van der Waals surface area contributed by atoms with E-state index in [1.807, 2.05) is 4.90 Å². The van der Waals surface area contributed by atoms with E-state index in [1.54, 1.807) is 30.3 Å². The van der Waals surface area contributed by atoms with Crippen molar-refractivity contribution >= 4 is 21.9 Å². The minimum atomic E-state index is -3.78. The average Bonchev–Trinajstić information content (AvgIpc) is 3.22. The quantitative estimate of drug-likeness (QED) is 0.472. The van der Waals surface area contributed by atoms with Crippen molar-refractivity contribution in [3.8, 4) is 0 Å². The summed E-state index contributed by atoms with van der Waals surface area (Å²) in [6, 6.07) is 9.90. The number of pyridine rings is 1. The van der Waals surface area contributed by atoms with Crippen LogP contribution in [0.2, 0.25) is 0 Å². The van der Waals surface area contributed by atoms with E-state index in [1.165, 1.54) is 29.2 Å². The van der Waals surface area contributed by atoms with Crippen LogP contribution in [0.3, 0.4) is 0 Å². The summed E-state index contributed by atoms with van der Waals surface area (Å²) < 4.78 is 28.1. The molecule has 2 aromatic rings. The van der Waals surface area contributed by atoms with Crippen LogP contribution in [-0.2, 0) is 16.4 Å². The first-order valence-electron chi connectivity index (χ1n) is 11.3. The van der Waals surface area contributed by atoms with Gasteiger partial charge in [-0.25, -0.2) is 12.7 Å². The second-order valence-corrected chi connectivity index (χ2v) is 10.4. The highest BCUT2D eigenvalue weighted by atomic mass is 32.2. The van der Waals surface area contributed by atoms with Gasteiger partial charge in [0.25, 0.3) is 15.9 Å². The molecule has 33 heavy (non-hydrogen) atoms. The molecule has 0 unspecified atom stereocenters. The summed E-state index contributed by atoms with van der Waals surface area (Å²) in [5, 5.41) is 22.5. The molecule has 1 saturated heterocycles. The Kier molecular flexibility index (Phi) is 6.83. The molecule has 0 atom stereocenters. The van der Waals surface area contributed by atoms with E-state index in [0.29, 0.717) is 30.8 Å². The van der Waals surface area contributed by atoms with Gasteiger partial charge in [-0.1, -0.05) is 31.4 Å². The van der Waals surface area contributed by atoms with Crippen molar-refractivity contribution < 1.29 is 17.9 Å². The van der Waals surface area contributed by atoms with Crippen LogP contribution >= 0.6 is 0 Å². The average molecular weight is 472 g/mol. The van der Waals surface area contributed by atoms with Crippen LogP contribution in [0.15, 0.2) is 53.7 Å². The maximum Gasteiger partial charge on any atom is 0.266 e. The van der Waals surface area contributed by atoms with E-state index in [4.69, 9.17) is 5.41 Å². The number of nitrogens with zero attached hydrogens (tertiary/aromatic N) is 3. The number of guanidine groups is 1. The zero-order chi connectivity index (χ0) is 23.4. The lowest BCUT2D eigenvalue weighted by Gasteiger charge is -2.32. The summed E-state index contributed by atoms with van der Waals surface area (Å²) in [5.41, 5.74) is 1.16. The first-order valence-corrected chi connectivity index (χ1v) is 12.7. The largest absolute Gasteiger partial charge is 0.619 e. The van der Waals surface area contributed by atoms with Crippen LogP contribution in [0.1, 0.15) is 48.0 Å². The topological polar surface area (TPSA) is 121 Å². The van der Waals surface area contributed by atoms with Crippen molar-refractivity contribution in [1.29, 1.82) is 5.41 Å². The smallest absolute Gasteiger partial charge is 0.266 e. The number of benzene rings is 1. The molecular weight excluding hydrogens is 442 g/mol. The van der Waals surface area contributed by atoms with Crippen molar-refractivity contribution in [2.24, 2.45) is 0 Å². The lowest BCUT2D eigenvalue weighted by molar-refractivity contribution is -0.605. The first kappa shape index (κ1) is 23.0. The fourth-order valence-corrected chi connectivity index (χ4v) is 5.89. The molecule has 1 aromatic carbocycles. The minimum absolute atomic E-state index is 0.0778. The molecule has 0 radical (unpaired) electrons. The molecule has 1 aliphatic carbocycles. The van der Waals surface area contributed by atoms with Crippen LogP contribution in [0.4, 0.5) is 0 Å². The molecule has 2 heterocycles. The Bertz CT molecular complexity index is 1110. The van der Waals surface area contributed by atoms with Gasteiger partial charge in [-0.2, -0.15) is 4.73 Å². The van der Waals surface area contributed by atoms with Gasteiger partial charge in [-0.15, -0.1) is 0 Å². The Labute approximate surface area is 194 Å². The Morgan fingerprint density at radius 1 is 1.12 bits per heavy atom. The number of rotatable bonds is 7. The molecule has 2 fully saturated rings. The third-order valence-electron chi connectivity index (χ3n) is 6.32. The van der Waals surface area contributed by atoms with Gasteiger partial charge in [0.05, 0.1) is 11.4 Å². The molecule has 4 rings (SSSR count). The van der Waals surface area contributed by atoms with Gasteiger partial charge in [0.2, 0.25) is 5.96 Å². The number of nitrogens with one attached hydrogen (secondary N) is 2. The monoisotopic (exact) mass is 471 g/mol. The second kappa shape index (κ2) is 9.78. The Morgan fingerprint density at radius 3 is 2.55 bits per heavy atom. The van der Waals surface area contributed by atoms with Gasteiger partial charge in [0.1, 0.15) is 5.56 Å². The van der Waals surface area contributed by atoms with Crippen LogP contribution in [0.5, 0.6) is 0 Å². The van der Waals surface area contributed by atoms with Crippen LogP contribution < -0.4 is 10.0 Å². The second-order valence-electron chi connectivity index (χ2n) is 8.49. The molecule has 1 aromatic heterocycles. The van der Waals surface area contributed by atoms with Crippen LogP contribution in [0.25, 0.3) is 0 Å². The summed E-state index contributed by atoms with van der Waals surface area (Å²) in [7, 11) is -3.78. The molecule has 10 heteroatoms. The SMILES string of the molecule is N=C1N(C2CCCCC2)CCN1S(=O)(=O)c1ccc(CCNC(=O)c2ccc[n+]([O-])c2)cc1. The van der Waals surface area contributed by atoms with Crippen molar-refractivity contribution in [3.63, 3.8) is 0 Å². The molecule has 9 nitrogen and oxygen atoms in total. The molecule has 2 N–H and O–H groups in total. The summed E-state index contributed by atoms with van der Waals surface area (Å²) in [5.74, 6) is -0.261.